The molecule has 104 valence electrons. The predicted molar refractivity (Wildman–Crippen MR) is 85.5 cm³/mol. The Bertz CT molecular complexity index is 705. The van der Waals surface area contributed by atoms with Gasteiger partial charge in [-0.25, -0.2) is 0 Å². The van der Waals surface area contributed by atoms with Gasteiger partial charge in [-0.2, -0.15) is 0 Å². The average molecular weight is 275 g/mol. The fourth-order valence-corrected chi connectivity index (χ4v) is 2.41. The molecular weight excluding hydrogens is 258 g/mol. The number of hydrogen-bond donors (Lipinski definition) is 0. The Balaban J connectivity index is 1.92. The Morgan fingerprint density at radius 2 is 1.62 bits per heavy atom. The van der Waals surface area contributed by atoms with Crippen LogP contribution in [0.15, 0.2) is 72.9 Å². The van der Waals surface area contributed by atoms with Crippen LogP contribution in [0.3, 0.4) is 0 Å². The van der Waals surface area contributed by atoms with Crippen LogP contribution in [0.2, 0.25) is 0 Å². The van der Waals surface area contributed by atoms with Crippen LogP contribution < -0.4 is 4.74 Å². The fraction of sp³-hybridized carbons (Fsp3) is 0.105. The van der Waals surface area contributed by atoms with Crippen LogP contribution >= 0.6 is 0 Å². The van der Waals surface area contributed by atoms with E-state index in [-0.39, 0.29) is 0 Å². The molecule has 0 aliphatic carbocycles. The van der Waals surface area contributed by atoms with Gasteiger partial charge in [-0.1, -0.05) is 42.5 Å². The summed E-state index contributed by atoms with van der Waals surface area (Å²) in [5, 5.41) is 0. The molecule has 1 aromatic heterocycles. The summed E-state index contributed by atoms with van der Waals surface area (Å²) in [6.45, 7) is 0. The largest absolute Gasteiger partial charge is 0.497 e. The highest BCUT2D eigenvalue weighted by Crippen LogP contribution is 2.24. The van der Waals surface area contributed by atoms with Gasteiger partial charge in [-0.15, -0.1) is 0 Å². The summed E-state index contributed by atoms with van der Waals surface area (Å²) in [6.07, 6.45) is 2.72. The van der Waals surface area contributed by atoms with E-state index in [4.69, 9.17) is 4.74 Å². The minimum absolute atomic E-state index is 0.886. The first-order chi connectivity index (χ1) is 10.4. The van der Waals surface area contributed by atoms with Gasteiger partial charge in [0.15, 0.2) is 0 Å². The maximum absolute atomic E-state index is 5.20. The number of ether oxygens (including phenoxy) is 1. The van der Waals surface area contributed by atoms with Gasteiger partial charge < -0.3 is 4.74 Å². The van der Waals surface area contributed by atoms with E-state index in [9.17, 15) is 0 Å². The molecule has 0 aliphatic rings. The molecular formula is C19H17NO. The Morgan fingerprint density at radius 3 is 2.33 bits per heavy atom. The normalized spacial score (nSPS) is 10.3. The third kappa shape index (κ3) is 3.11. The Morgan fingerprint density at radius 1 is 0.857 bits per heavy atom. The van der Waals surface area contributed by atoms with E-state index >= 15 is 0 Å². The molecule has 0 spiro atoms. The van der Waals surface area contributed by atoms with E-state index in [0.29, 0.717) is 0 Å². The van der Waals surface area contributed by atoms with Gasteiger partial charge in [-0.3, -0.25) is 4.98 Å². The molecule has 2 aromatic carbocycles. The average Bonchev–Trinajstić information content (AvgIpc) is 2.57. The van der Waals surface area contributed by atoms with Crippen LogP contribution in [0.1, 0.15) is 11.1 Å². The third-order valence-corrected chi connectivity index (χ3v) is 3.51. The van der Waals surface area contributed by atoms with Gasteiger partial charge in [0.25, 0.3) is 0 Å². The number of hydrogen-bond acceptors (Lipinski definition) is 2. The summed E-state index contributed by atoms with van der Waals surface area (Å²) < 4.78 is 5.20. The van der Waals surface area contributed by atoms with Gasteiger partial charge in [-0.05, 0) is 41.8 Å². The molecule has 0 N–H and O–H groups in total. The van der Waals surface area contributed by atoms with E-state index in [1.165, 1.54) is 16.7 Å². The lowest BCUT2D eigenvalue weighted by molar-refractivity contribution is 0.414. The van der Waals surface area contributed by atoms with Crippen molar-refractivity contribution in [1.82, 2.24) is 4.98 Å². The Hall–Kier alpha value is -2.61. The minimum atomic E-state index is 0.886. The summed E-state index contributed by atoms with van der Waals surface area (Å²) >= 11 is 0. The Kier molecular flexibility index (Phi) is 3.97. The van der Waals surface area contributed by atoms with E-state index < -0.39 is 0 Å². The molecule has 0 fully saturated rings. The van der Waals surface area contributed by atoms with Gasteiger partial charge >= 0.3 is 0 Å². The molecule has 2 nitrogen and oxygen atoms in total. The number of benzene rings is 2. The van der Waals surface area contributed by atoms with E-state index in [2.05, 4.69) is 41.4 Å². The van der Waals surface area contributed by atoms with Crippen LogP contribution in [0.25, 0.3) is 11.3 Å². The van der Waals surface area contributed by atoms with Crippen molar-refractivity contribution < 1.29 is 4.74 Å². The number of rotatable bonds is 4. The van der Waals surface area contributed by atoms with Crippen LogP contribution in [0, 0.1) is 0 Å². The van der Waals surface area contributed by atoms with E-state index in [0.717, 1.165) is 17.9 Å². The highest BCUT2D eigenvalue weighted by atomic mass is 16.5. The third-order valence-electron chi connectivity index (χ3n) is 3.51. The topological polar surface area (TPSA) is 22.1 Å². The molecule has 1 heterocycles. The number of methoxy groups -OCH3 is 1. The molecule has 0 unspecified atom stereocenters. The molecule has 0 saturated heterocycles. The second-order valence-corrected chi connectivity index (χ2v) is 4.90. The van der Waals surface area contributed by atoms with Crippen molar-refractivity contribution in [1.29, 1.82) is 0 Å². The zero-order valence-electron chi connectivity index (χ0n) is 12.0. The number of pyridine rings is 1. The first kappa shape index (κ1) is 13.4. The molecule has 3 aromatic rings. The zero-order chi connectivity index (χ0) is 14.5. The molecule has 3 rings (SSSR count). The van der Waals surface area contributed by atoms with Crippen molar-refractivity contribution in [3.8, 4) is 17.0 Å². The molecule has 0 aliphatic heterocycles. The SMILES string of the molecule is COc1ccc(Cc2ccccc2-c2ccccn2)cc1. The molecule has 0 bridgehead atoms. The zero-order valence-corrected chi connectivity index (χ0v) is 12.0. The van der Waals surface area contributed by atoms with Crippen LogP contribution in [0.4, 0.5) is 0 Å². The lowest BCUT2D eigenvalue weighted by Crippen LogP contribution is -1.93. The highest BCUT2D eigenvalue weighted by molar-refractivity contribution is 5.64. The van der Waals surface area contributed by atoms with Crippen molar-refractivity contribution in [3.05, 3.63) is 84.1 Å². The predicted octanol–water partition coefficient (Wildman–Crippen LogP) is 4.35. The standard InChI is InChI=1S/C19H17NO/c1-21-17-11-9-15(10-12-17)14-16-6-2-3-7-18(16)19-8-4-5-13-20-19/h2-13H,14H2,1H3. The molecule has 0 atom stereocenters. The molecule has 2 heteroatoms. The highest BCUT2D eigenvalue weighted by Gasteiger charge is 2.06. The summed E-state index contributed by atoms with van der Waals surface area (Å²) in [5.41, 5.74) is 4.75. The summed E-state index contributed by atoms with van der Waals surface area (Å²) in [5.74, 6) is 0.886. The maximum Gasteiger partial charge on any atom is 0.118 e. The second kappa shape index (κ2) is 6.23. The number of aromatic nitrogens is 1. The van der Waals surface area contributed by atoms with Crippen molar-refractivity contribution in [2.24, 2.45) is 0 Å². The monoisotopic (exact) mass is 275 g/mol. The lowest BCUT2D eigenvalue weighted by atomic mass is 9.97. The summed E-state index contributed by atoms with van der Waals surface area (Å²) in [4.78, 5) is 4.46. The van der Waals surface area contributed by atoms with Crippen molar-refractivity contribution in [2.45, 2.75) is 6.42 Å². The molecule has 0 amide bonds. The van der Waals surface area contributed by atoms with Gasteiger partial charge in [0.1, 0.15) is 5.75 Å². The van der Waals surface area contributed by atoms with Gasteiger partial charge in [0.2, 0.25) is 0 Å². The first-order valence-corrected chi connectivity index (χ1v) is 6.99. The van der Waals surface area contributed by atoms with E-state index in [1.54, 1.807) is 7.11 Å². The second-order valence-electron chi connectivity index (χ2n) is 4.90. The van der Waals surface area contributed by atoms with Crippen molar-refractivity contribution in [2.75, 3.05) is 7.11 Å². The maximum atomic E-state index is 5.20. The van der Waals surface area contributed by atoms with Crippen molar-refractivity contribution in [3.63, 3.8) is 0 Å². The van der Waals surface area contributed by atoms with E-state index in [1.807, 2.05) is 36.5 Å². The van der Waals surface area contributed by atoms with Crippen LogP contribution in [0.5, 0.6) is 5.75 Å². The molecule has 0 saturated carbocycles. The molecule has 0 radical (unpaired) electrons. The van der Waals surface area contributed by atoms with Gasteiger partial charge in [0, 0.05) is 11.8 Å². The van der Waals surface area contributed by atoms with Crippen LogP contribution in [-0.2, 0) is 6.42 Å². The summed E-state index contributed by atoms with van der Waals surface area (Å²) in [7, 11) is 1.69. The summed E-state index contributed by atoms with van der Waals surface area (Å²) in [6, 6.07) is 22.6. The van der Waals surface area contributed by atoms with Crippen molar-refractivity contribution >= 4 is 0 Å². The first-order valence-electron chi connectivity index (χ1n) is 6.99. The minimum Gasteiger partial charge on any atom is -0.497 e. The fourth-order valence-electron chi connectivity index (χ4n) is 2.41. The lowest BCUT2D eigenvalue weighted by Gasteiger charge is -2.09. The Labute approximate surface area is 125 Å². The van der Waals surface area contributed by atoms with Gasteiger partial charge in [0.05, 0.1) is 12.8 Å². The smallest absolute Gasteiger partial charge is 0.118 e. The van der Waals surface area contributed by atoms with Crippen LogP contribution in [-0.4, -0.2) is 12.1 Å². The molecule has 21 heavy (non-hydrogen) atoms. The number of nitrogens with zero attached hydrogens (tertiary/aromatic N) is 1. The quantitative estimate of drug-likeness (QED) is 0.706.